The van der Waals surface area contributed by atoms with Crippen LogP contribution in [0.3, 0.4) is 0 Å². The van der Waals surface area contributed by atoms with Crippen molar-refractivity contribution in [2.24, 2.45) is 4.99 Å². The molecule has 1 saturated heterocycles. The number of phenols is 1. The maximum Gasteiger partial charge on any atom is 0.271 e. The quantitative estimate of drug-likeness (QED) is 0.564. The number of carbonyl (C=O) groups excluding carboxylic acids is 1. The van der Waals surface area contributed by atoms with Crippen LogP contribution >= 0.6 is 11.8 Å². The molecule has 0 unspecified atom stereocenters. The van der Waals surface area contributed by atoms with Crippen LogP contribution in [0.4, 0.5) is 11.4 Å². The van der Waals surface area contributed by atoms with Crippen molar-refractivity contribution in [3.05, 3.63) is 94.4 Å². The number of thioether (sulfide) groups is 1. The maximum absolute atomic E-state index is 13.2. The van der Waals surface area contributed by atoms with Gasteiger partial charge in [0.25, 0.3) is 5.91 Å². The van der Waals surface area contributed by atoms with E-state index in [0.29, 0.717) is 10.1 Å². The molecule has 0 radical (unpaired) electrons. The third kappa shape index (κ3) is 4.25. The van der Waals surface area contributed by atoms with Gasteiger partial charge in [-0.2, -0.15) is 0 Å². The van der Waals surface area contributed by atoms with E-state index in [4.69, 9.17) is 4.99 Å². The summed E-state index contributed by atoms with van der Waals surface area (Å²) in [6, 6.07) is 22.5. The van der Waals surface area contributed by atoms with E-state index in [2.05, 4.69) is 0 Å². The topological polar surface area (TPSA) is 52.9 Å². The number of amidine groups is 1. The van der Waals surface area contributed by atoms with Crippen molar-refractivity contribution in [3.8, 4) is 5.75 Å². The summed E-state index contributed by atoms with van der Waals surface area (Å²) in [4.78, 5) is 20.2. The number of amides is 1. The highest BCUT2D eigenvalue weighted by Crippen LogP contribution is 2.37. The number of benzene rings is 3. The van der Waals surface area contributed by atoms with Crippen LogP contribution in [-0.2, 0) is 4.79 Å². The SMILES string of the molecule is Cc1ccc(N=C2S/C(=C/c3cccc(O)c3)C(=O)N2c2ccc(C)cc2)cc1. The van der Waals surface area contributed by atoms with E-state index >= 15 is 0 Å². The van der Waals surface area contributed by atoms with E-state index in [1.165, 1.54) is 11.8 Å². The Morgan fingerprint density at radius 1 is 0.931 bits per heavy atom. The van der Waals surface area contributed by atoms with Crippen LogP contribution in [0.5, 0.6) is 5.75 Å². The Bertz CT molecular complexity index is 1120. The minimum absolute atomic E-state index is 0.131. The summed E-state index contributed by atoms with van der Waals surface area (Å²) in [5.41, 5.74) is 4.62. The van der Waals surface area contributed by atoms with Crippen LogP contribution in [-0.4, -0.2) is 16.2 Å². The zero-order valence-electron chi connectivity index (χ0n) is 16.2. The van der Waals surface area contributed by atoms with Crippen molar-refractivity contribution in [2.75, 3.05) is 4.90 Å². The van der Waals surface area contributed by atoms with Gasteiger partial charge in [-0.15, -0.1) is 0 Å². The van der Waals surface area contributed by atoms with Gasteiger partial charge in [-0.05, 0) is 73.6 Å². The first kappa shape index (κ1) is 19.0. The molecule has 3 aromatic carbocycles. The van der Waals surface area contributed by atoms with Gasteiger partial charge in [0.15, 0.2) is 5.17 Å². The van der Waals surface area contributed by atoms with Gasteiger partial charge in [0, 0.05) is 0 Å². The van der Waals surface area contributed by atoms with Crippen LogP contribution in [0.15, 0.2) is 82.7 Å². The predicted molar refractivity (Wildman–Crippen MR) is 121 cm³/mol. The van der Waals surface area contributed by atoms with E-state index < -0.39 is 0 Å². The highest BCUT2D eigenvalue weighted by molar-refractivity contribution is 8.19. The molecule has 1 amide bonds. The van der Waals surface area contributed by atoms with E-state index in [1.54, 1.807) is 29.2 Å². The van der Waals surface area contributed by atoms with Gasteiger partial charge >= 0.3 is 0 Å². The average Bonchev–Trinajstić information content (AvgIpc) is 2.99. The van der Waals surface area contributed by atoms with Gasteiger partial charge in [0.2, 0.25) is 0 Å². The molecule has 0 aromatic heterocycles. The van der Waals surface area contributed by atoms with Crippen LogP contribution in [0.2, 0.25) is 0 Å². The van der Waals surface area contributed by atoms with Crippen LogP contribution in [0, 0.1) is 13.8 Å². The Hall–Kier alpha value is -3.31. The molecule has 0 spiro atoms. The third-order valence-corrected chi connectivity index (χ3v) is 5.49. The summed E-state index contributed by atoms with van der Waals surface area (Å²) in [5, 5.41) is 10.3. The first-order valence-corrected chi connectivity index (χ1v) is 10.1. The van der Waals surface area contributed by atoms with Gasteiger partial charge in [-0.25, -0.2) is 4.99 Å². The molecule has 1 heterocycles. The maximum atomic E-state index is 13.2. The lowest BCUT2D eigenvalue weighted by atomic mass is 10.2. The fourth-order valence-electron chi connectivity index (χ4n) is 2.97. The Balaban J connectivity index is 1.77. The van der Waals surface area contributed by atoms with Gasteiger partial charge in [0.1, 0.15) is 5.75 Å². The smallest absolute Gasteiger partial charge is 0.271 e. The van der Waals surface area contributed by atoms with Crippen LogP contribution in [0.25, 0.3) is 6.08 Å². The molecule has 4 rings (SSSR count). The fourth-order valence-corrected chi connectivity index (χ4v) is 3.97. The van der Waals surface area contributed by atoms with Crippen molar-refractivity contribution in [3.63, 3.8) is 0 Å². The Kier molecular flexibility index (Phi) is 5.23. The Morgan fingerprint density at radius 2 is 1.59 bits per heavy atom. The first-order valence-electron chi connectivity index (χ1n) is 9.25. The number of aromatic hydroxyl groups is 1. The second kappa shape index (κ2) is 7.97. The number of nitrogens with zero attached hydrogens (tertiary/aromatic N) is 2. The second-order valence-corrected chi connectivity index (χ2v) is 7.92. The van der Waals surface area contributed by atoms with Crippen molar-refractivity contribution in [1.29, 1.82) is 0 Å². The van der Waals surface area contributed by atoms with Crippen LogP contribution in [0.1, 0.15) is 16.7 Å². The van der Waals surface area contributed by atoms with E-state index in [9.17, 15) is 9.90 Å². The average molecular weight is 401 g/mol. The normalized spacial score (nSPS) is 16.8. The number of rotatable bonds is 3. The summed E-state index contributed by atoms with van der Waals surface area (Å²) in [6.45, 7) is 4.04. The van der Waals surface area contributed by atoms with E-state index in [1.807, 2.05) is 68.4 Å². The fraction of sp³-hybridized carbons (Fsp3) is 0.0833. The van der Waals surface area contributed by atoms with Gasteiger partial charge < -0.3 is 5.11 Å². The number of aliphatic imine (C=N–C) groups is 1. The summed E-state index contributed by atoms with van der Waals surface area (Å²) in [6.07, 6.45) is 1.78. The number of hydrogen-bond donors (Lipinski definition) is 1. The molecule has 3 aromatic rings. The van der Waals surface area contributed by atoms with Gasteiger partial charge in [0.05, 0.1) is 16.3 Å². The summed E-state index contributed by atoms with van der Waals surface area (Å²) in [7, 11) is 0. The highest BCUT2D eigenvalue weighted by Gasteiger charge is 2.34. The van der Waals surface area contributed by atoms with E-state index in [-0.39, 0.29) is 11.7 Å². The first-order chi connectivity index (χ1) is 14.0. The van der Waals surface area contributed by atoms with Crippen molar-refractivity contribution in [1.82, 2.24) is 0 Å². The summed E-state index contributed by atoms with van der Waals surface area (Å²) >= 11 is 1.33. The van der Waals surface area contributed by atoms with Gasteiger partial charge in [-0.3, -0.25) is 9.69 Å². The lowest BCUT2D eigenvalue weighted by Crippen LogP contribution is -2.28. The summed E-state index contributed by atoms with van der Waals surface area (Å²) in [5.74, 6) is 0.0341. The van der Waals surface area contributed by atoms with E-state index in [0.717, 1.165) is 28.1 Å². The molecule has 1 aliphatic rings. The monoisotopic (exact) mass is 400 g/mol. The molecule has 0 atom stereocenters. The Labute approximate surface area is 174 Å². The number of carbonyl (C=O) groups is 1. The lowest BCUT2D eigenvalue weighted by molar-refractivity contribution is -0.113. The molecular weight excluding hydrogens is 380 g/mol. The predicted octanol–water partition coefficient (Wildman–Crippen LogP) is 5.82. The Morgan fingerprint density at radius 3 is 2.24 bits per heavy atom. The number of aryl methyl sites for hydroxylation is 2. The minimum Gasteiger partial charge on any atom is -0.508 e. The zero-order chi connectivity index (χ0) is 20.4. The number of phenolic OH excluding ortho intramolecular Hbond substituents is 1. The van der Waals surface area contributed by atoms with Crippen LogP contribution < -0.4 is 4.90 Å². The molecule has 1 aliphatic heterocycles. The standard InChI is InChI=1S/C24H20N2O2S/c1-16-6-10-19(11-7-16)25-24-26(20-12-8-17(2)9-13-20)23(28)22(29-24)15-18-4-3-5-21(27)14-18/h3-15,27H,1-2H3/b22-15+,25-24?. The molecule has 0 saturated carbocycles. The number of hydrogen-bond acceptors (Lipinski definition) is 4. The molecular formula is C24H20N2O2S. The van der Waals surface area contributed by atoms with Crippen molar-refractivity contribution < 1.29 is 9.90 Å². The molecule has 1 fully saturated rings. The zero-order valence-corrected chi connectivity index (χ0v) is 17.0. The highest BCUT2D eigenvalue weighted by atomic mass is 32.2. The molecule has 5 heteroatoms. The van der Waals surface area contributed by atoms with Gasteiger partial charge in [-0.1, -0.05) is 47.5 Å². The third-order valence-electron chi connectivity index (χ3n) is 4.53. The van der Waals surface area contributed by atoms with Crippen molar-refractivity contribution in [2.45, 2.75) is 13.8 Å². The molecule has 144 valence electrons. The van der Waals surface area contributed by atoms with Crippen molar-refractivity contribution >= 4 is 40.3 Å². The largest absolute Gasteiger partial charge is 0.508 e. The second-order valence-electron chi connectivity index (χ2n) is 6.91. The summed E-state index contributed by atoms with van der Waals surface area (Å²) < 4.78 is 0. The molecule has 4 nitrogen and oxygen atoms in total. The molecule has 1 N–H and O–H groups in total. The minimum atomic E-state index is -0.131. The molecule has 29 heavy (non-hydrogen) atoms. The lowest BCUT2D eigenvalue weighted by Gasteiger charge is -2.16. The molecule has 0 aliphatic carbocycles. The molecule has 0 bridgehead atoms. The number of anilines is 1.